The summed E-state index contributed by atoms with van der Waals surface area (Å²) in [6, 6.07) is 9.01. The topological polar surface area (TPSA) is 126 Å². The molecular weight excluding hydrogens is 512 g/mol. The molecule has 0 saturated heterocycles. The molecule has 1 atom stereocenters. The number of carbonyl (C=O) groups excluding carboxylic acids is 2. The number of amides is 2. The number of aryl methyl sites for hydroxylation is 1. The third-order valence-electron chi connectivity index (χ3n) is 5.77. The number of hydrogen-bond donors (Lipinski definition) is 2. The molecule has 0 radical (unpaired) electrons. The van der Waals surface area contributed by atoms with Crippen LogP contribution in [0.5, 0.6) is 0 Å². The molecule has 3 heterocycles. The normalized spacial score (nSPS) is 15.2. The maximum atomic E-state index is 13.3. The highest BCUT2D eigenvalue weighted by molar-refractivity contribution is 6.31. The number of anilines is 1. The summed E-state index contributed by atoms with van der Waals surface area (Å²) in [6.07, 6.45) is -0.649. The zero-order valence-corrected chi connectivity index (χ0v) is 22.9. The average molecular weight is 543 g/mol. The Kier molecular flexibility index (Phi) is 7.05. The van der Waals surface area contributed by atoms with Gasteiger partial charge in [-0.15, -0.1) is 0 Å². The van der Waals surface area contributed by atoms with E-state index < -0.39 is 23.4 Å². The Hall–Kier alpha value is -3.79. The van der Waals surface area contributed by atoms with Gasteiger partial charge in [0, 0.05) is 28.4 Å². The van der Waals surface area contributed by atoms with E-state index >= 15 is 0 Å². The fourth-order valence-electron chi connectivity index (χ4n) is 4.39. The van der Waals surface area contributed by atoms with Crippen LogP contribution >= 0.6 is 11.6 Å². The van der Waals surface area contributed by atoms with E-state index in [1.807, 2.05) is 6.07 Å². The van der Waals surface area contributed by atoms with Crippen molar-refractivity contribution >= 4 is 29.5 Å². The Bertz CT molecular complexity index is 1480. The Morgan fingerprint density at radius 2 is 1.58 bits per heavy atom. The van der Waals surface area contributed by atoms with Gasteiger partial charge in [0.05, 0.1) is 17.4 Å². The monoisotopic (exact) mass is 542 g/mol. The Morgan fingerprint density at radius 1 is 0.947 bits per heavy atom. The molecule has 3 aromatic rings. The number of benzene rings is 1. The molecule has 1 aliphatic rings. The number of halogens is 1. The molecular formula is C27H31ClN4O6. The quantitative estimate of drug-likeness (QED) is 0.456. The standard InChI is InChI=1S/C27H31ClN4O6/c1-26(2,3)37-24(35)32(25(36)38-27(4,5)6)20-9-7-16(28)13-18(20)15-11-17-8-10-21(31(17)23(34)12-15)19-14-22(33)30-29-19/h7,9,11-14,21H,8,10H2,1-6H3,(H2,29,30,33). The molecule has 10 nitrogen and oxygen atoms in total. The zero-order chi connectivity index (χ0) is 28.0. The number of rotatable bonds is 3. The summed E-state index contributed by atoms with van der Waals surface area (Å²) in [5.41, 5.74) is 0.0357. The first-order valence-electron chi connectivity index (χ1n) is 12.2. The van der Waals surface area contributed by atoms with Gasteiger partial charge in [0.2, 0.25) is 0 Å². The maximum absolute atomic E-state index is 13.3. The highest BCUT2D eigenvalue weighted by Gasteiger charge is 2.35. The minimum Gasteiger partial charge on any atom is -0.443 e. The first-order valence-corrected chi connectivity index (χ1v) is 12.6. The molecule has 2 amide bonds. The Labute approximate surface area is 224 Å². The number of imide groups is 1. The number of ether oxygens (including phenoxy) is 2. The van der Waals surface area contributed by atoms with E-state index in [1.54, 1.807) is 58.2 Å². The number of aromatic nitrogens is 3. The van der Waals surface area contributed by atoms with Crippen LogP contribution in [-0.4, -0.2) is 38.2 Å². The van der Waals surface area contributed by atoms with Gasteiger partial charge in [-0.1, -0.05) is 11.6 Å². The Morgan fingerprint density at radius 3 is 2.13 bits per heavy atom. The second kappa shape index (κ2) is 9.83. The fraction of sp³-hybridized carbons (Fsp3) is 0.407. The van der Waals surface area contributed by atoms with Crippen LogP contribution in [0.4, 0.5) is 15.3 Å². The lowest BCUT2D eigenvalue weighted by Gasteiger charge is -2.29. The van der Waals surface area contributed by atoms with Gasteiger partial charge < -0.3 is 19.1 Å². The summed E-state index contributed by atoms with van der Waals surface area (Å²) in [6.45, 7) is 10.1. The summed E-state index contributed by atoms with van der Waals surface area (Å²) in [7, 11) is 0. The predicted molar refractivity (Wildman–Crippen MR) is 144 cm³/mol. The number of pyridine rings is 1. The first-order chi connectivity index (χ1) is 17.6. The van der Waals surface area contributed by atoms with E-state index in [0.717, 1.165) is 10.6 Å². The summed E-state index contributed by atoms with van der Waals surface area (Å²) >= 11 is 6.33. The predicted octanol–water partition coefficient (Wildman–Crippen LogP) is 5.40. The minimum atomic E-state index is -0.926. The van der Waals surface area contributed by atoms with E-state index in [4.69, 9.17) is 21.1 Å². The molecule has 2 N–H and O–H groups in total. The Balaban J connectivity index is 1.84. The molecule has 0 saturated carbocycles. The van der Waals surface area contributed by atoms with Crippen LogP contribution < -0.4 is 16.0 Å². The molecule has 202 valence electrons. The highest BCUT2D eigenvalue weighted by atomic mass is 35.5. The molecule has 1 aliphatic heterocycles. The molecule has 0 bridgehead atoms. The van der Waals surface area contributed by atoms with E-state index in [2.05, 4.69) is 10.2 Å². The molecule has 0 fully saturated rings. The van der Waals surface area contributed by atoms with Crippen molar-refractivity contribution in [1.82, 2.24) is 14.8 Å². The maximum Gasteiger partial charge on any atom is 0.424 e. The fourth-order valence-corrected chi connectivity index (χ4v) is 4.56. The summed E-state index contributed by atoms with van der Waals surface area (Å²) in [5, 5.41) is 5.69. The number of aromatic amines is 2. The lowest BCUT2D eigenvalue weighted by atomic mass is 10.0. The number of nitrogens with one attached hydrogen (secondary N) is 2. The van der Waals surface area contributed by atoms with E-state index in [0.29, 0.717) is 34.7 Å². The summed E-state index contributed by atoms with van der Waals surface area (Å²) in [5.74, 6) is 0. The van der Waals surface area contributed by atoms with Crippen LogP contribution in [-0.2, 0) is 15.9 Å². The molecule has 0 aliphatic carbocycles. The lowest BCUT2D eigenvalue weighted by molar-refractivity contribution is 0.0431. The highest BCUT2D eigenvalue weighted by Crippen LogP contribution is 2.37. The molecule has 1 aromatic carbocycles. The van der Waals surface area contributed by atoms with Gasteiger partial charge in [0.25, 0.3) is 11.1 Å². The van der Waals surface area contributed by atoms with E-state index in [-0.39, 0.29) is 22.8 Å². The SMILES string of the molecule is CC(C)(C)OC(=O)N(C(=O)OC(C)(C)C)c1ccc(Cl)cc1-c1cc2n(c(=O)c1)C(c1cc(=O)[nH][nH]1)CC2. The molecule has 4 rings (SSSR count). The zero-order valence-electron chi connectivity index (χ0n) is 22.2. The van der Waals surface area contributed by atoms with E-state index in [1.165, 1.54) is 18.2 Å². The second-order valence-electron chi connectivity index (χ2n) is 11.2. The number of nitrogens with zero attached hydrogens (tertiary/aromatic N) is 2. The third-order valence-corrected chi connectivity index (χ3v) is 6.01. The van der Waals surface area contributed by atoms with Crippen molar-refractivity contribution in [3.63, 3.8) is 0 Å². The summed E-state index contributed by atoms with van der Waals surface area (Å²) in [4.78, 5) is 52.4. The van der Waals surface area contributed by atoms with Gasteiger partial charge in [-0.05, 0) is 84.2 Å². The van der Waals surface area contributed by atoms with Crippen molar-refractivity contribution in [2.75, 3.05) is 4.90 Å². The summed E-state index contributed by atoms with van der Waals surface area (Å²) < 4.78 is 12.7. The van der Waals surface area contributed by atoms with Crippen molar-refractivity contribution in [3.8, 4) is 11.1 Å². The number of fused-ring (bicyclic) bond motifs is 1. The van der Waals surface area contributed by atoms with Crippen LogP contribution in [0.3, 0.4) is 0 Å². The van der Waals surface area contributed by atoms with Crippen LogP contribution in [0.15, 0.2) is 46.0 Å². The van der Waals surface area contributed by atoms with Crippen LogP contribution in [0, 0.1) is 0 Å². The van der Waals surface area contributed by atoms with Crippen molar-refractivity contribution in [2.24, 2.45) is 0 Å². The van der Waals surface area contributed by atoms with Crippen molar-refractivity contribution in [3.05, 3.63) is 73.5 Å². The van der Waals surface area contributed by atoms with Crippen LogP contribution in [0.1, 0.15) is 65.4 Å². The molecule has 11 heteroatoms. The van der Waals surface area contributed by atoms with Gasteiger partial charge in [0.1, 0.15) is 11.2 Å². The van der Waals surface area contributed by atoms with Crippen LogP contribution in [0.2, 0.25) is 5.02 Å². The molecule has 38 heavy (non-hydrogen) atoms. The van der Waals surface area contributed by atoms with Crippen molar-refractivity contribution in [1.29, 1.82) is 0 Å². The van der Waals surface area contributed by atoms with Gasteiger partial charge in [-0.3, -0.25) is 14.7 Å². The number of hydrogen-bond acceptors (Lipinski definition) is 6. The van der Waals surface area contributed by atoms with Gasteiger partial charge in [-0.2, -0.15) is 4.90 Å². The lowest BCUT2D eigenvalue weighted by Crippen LogP contribution is -2.44. The van der Waals surface area contributed by atoms with Crippen LogP contribution in [0.25, 0.3) is 11.1 Å². The number of carbonyl (C=O) groups is 2. The number of H-pyrrole nitrogens is 2. The van der Waals surface area contributed by atoms with Gasteiger partial charge in [-0.25, -0.2) is 9.59 Å². The van der Waals surface area contributed by atoms with Crippen molar-refractivity contribution < 1.29 is 19.1 Å². The van der Waals surface area contributed by atoms with Gasteiger partial charge in [0.15, 0.2) is 0 Å². The minimum absolute atomic E-state index is 0.159. The second-order valence-corrected chi connectivity index (χ2v) is 11.6. The largest absolute Gasteiger partial charge is 0.443 e. The molecule has 2 aromatic heterocycles. The average Bonchev–Trinajstić information content (AvgIpc) is 3.38. The first kappa shape index (κ1) is 27.3. The van der Waals surface area contributed by atoms with Crippen molar-refractivity contribution in [2.45, 2.75) is 71.6 Å². The van der Waals surface area contributed by atoms with Gasteiger partial charge >= 0.3 is 12.2 Å². The molecule has 1 unspecified atom stereocenters. The smallest absolute Gasteiger partial charge is 0.424 e. The molecule has 0 spiro atoms. The van der Waals surface area contributed by atoms with E-state index in [9.17, 15) is 19.2 Å². The third kappa shape index (κ3) is 5.85.